The lowest BCUT2D eigenvalue weighted by molar-refractivity contribution is -0.123. The molecule has 0 aliphatic carbocycles. The summed E-state index contributed by atoms with van der Waals surface area (Å²) in [6, 6.07) is -0.881. The third-order valence-corrected chi connectivity index (χ3v) is 7.81. The van der Waals surface area contributed by atoms with Crippen LogP contribution in [0.5, 0.6) is 0 Å². The van der Waals surface area contributed by atoms with E-state index in [0.29, 0.717) is 6.42 Å². The Kier molecular flexibility index (Phi) is 29.9. The highest BCUT2D eigenvalue weighted by Crippen LogP contribution is 2.43. The molecule has 0 spiro atoms. The number of carbonyl (C=O) groups excluding carboxylic acids is 1. The Bertz CT molecular complexity index is 871. The van der Waals surface area contributed by atoms with E-state index < -0.39 is 20.0 Å². The van der Waals surface area contributed by atoms with E-state index in [9.17, 15) is 19.4 Å². The summed E-state index contributed by atoms with van der Waals surface area (Å²) < 4.78 is 21.9. The summed E-state index contributed by atoms with van der Waals surface area (Å²) in [5, 5.41) is 13.5. The van der Waals surface area contributed by atoms with Crippen LogP contribution in [0.3, 0.4) is 0 Å². The van der Waals surface area contributed by atoms with E-state index in [2.05, 4.69) is 67.8 Å². The molecule has 0 saturated heterocycles. The van der Waals surface area contributed by atoms with Crippen molar-refractivity contribution >= 4 is 13.7 Å². The van der Waals surface area contributed by atoms with E-state index in [1.165, 1.54) is 32.1 Å². The van der Waals surface area contributed by atoms with Gasteiger partial charge in [-0.25, -0.2) is 4.57 Å². The summed E-state index contributed by atoms with van der Waals surface area (Å²) in [5.74, 6) is -0.223. The Morgan fingerprint density at radius 3 is 2.02 bits per heavy atom. The van der Waals surface area contributed by atoms with E-state index in [1.54, 1.807) is 6.08 Å². The number of nitrogens with one attached hydrogen (secondary N) is 1. The Hall–Kier alpha value is -1.80. The van der Waals surface area contributed by atoms with Gasteiger partial charge in [0.1, 0.15) is 0 Å². The molecular weight excluding hydrogens is 575 g/mol. The molecule has 0 aromatic carbocycles. The topological polar surface area (TPSA) is 131 Å². The zero-order chi connectivity index (χ0) is 32.6. The number of carbonyl (C=O) groups is 1. The number of hydrogen-bond acceptors (Lipinski definition) is 6. The van der Waals surface area contributed by atoms with E-state index in [0.717, 1.165) is 70.6 Å². The molecule has 0 bridgehead atoms. The summed E-state index contributed by atoms with van der Waals surface area (Å²) in [4.78, 5) is 22.5. The van der Waals surface area contributed by atoms with Crippen molar-refractivity contribution in [1.29, 1.82) is 0 Å². The number of aliphatic hydroxyl groups excluding tert-OH is 1. The van der Waals surface area contributed by atoms with E-state index in [-0.39, 0.29) is 25.7 Å². The molecule has 9 heteroatoms. The van der Waals surface area contributed by atoms with Crippen LogP contribution in [0, 0.1) is 0 Å². The van der Waals surface area contributed by atoms with Crippen molar-refractivity contribution in [1.82, 2.24) is 5.32 Å². The minimum Gasteiger partial charge on any atom is -0.387 e. The first-order valence-electron chi connectivity index (χ1n) is 16.9. The van der Waals surface area contributed by atoms with Crippen LogP contribution in [0.25, 0.3) is 0 Å². The van der Waals surface area contributed by atoms with E-state index in [1.807, 2.05) is 6.08 Å². The lowest BCUT2D eigenvalue weighted by Crippen LogP contribution is -2.45. The first kappa shape index (κ1) is 42.2. The van der Waals surface area contributed by atoms with Gasteiger partial charge in [0.15, 0.2) is 0 Å². The largest absolute Gasteiger partial charge is 0.472 e. The van der Waals surface area contributed by atoms with Gasteiger partial charge in [-0.3, -0.25) is 13.8 Å². The molecule has 5 N–H and O–H groups in total. The third-order valence-electron chi connectivity index (χ3n) is 6.83. The molecular formula is C35H63N2O6P. The Morgan fingerprint density at radius 2 is 1.34 bits per heavy atom. The summed E-state index contributed by atoms with van der Waals surface area (Å²) in [5.41, 5.74) is 5.33. The highest BCUT2D eigenvalue weighted by molar-refractivity contribution is 7.47. The van der Waals surface area contributed by atoms with Gasteiger partial charge in [-0.2, -0.15) is 0 Å². The van der Waals surface area contributed by atoms with Gasteiger partial charge in [-0.15, -0.1) is 0 Å². The molecule has 0 radical (unpaired) electrons. The molecule has 0 fully saturated rings. The standard InChI is InChI=1S/C35H63N2O6P/c1-3-5-7-9-11-13-14-15-16-17-18-19-20-21-23-25-27-29-35(39)37-33(32-43-44(40,41)42-31-30-36)34(38)28-26-24-22-12-10-8-6-4-2/h5,7,10-13,15-16,26,28,33-34,38H,3-4,6,8-9,14,17-25,27,29-32,36H2,1-2H3,(H,37,39)(H,40,41)/b7-5-,12-10+,13-11-,16-15-,28-26+. The number of nitrogens with two attached hydrogens (primary N) is 1. The molecule has 1 amide bonds. The maximum Gasteiger partial charge on any atom is 0.472 e. The van der Waals surface area contributed by atoms with Crippen LogP contribution in [0.1, 0.15) is 123 Å². The number of hydrogen-bond donors (Lipinski definition) is 4. The fraction of sp³-hybridized carbons (Fsp3) is 0.686. The first-order valence-corrected chi connectivity index (χ1v) is 18.4. The molecule has 44 heavy (non-hydrogen) atoms. The SMILES string of the molecule is CC/C=C\C/C=C\C/C=C\CCCCCCCCCC(=O)NC(COP(=O)(O)OCCN)C(O)/C=C/CC/C=C/CCCC. The van der Waals surface area contributed by atoms with Crippen LogP contribution in [0.2, 0.25) is 0 Å². The number of phosphoric acid groups is 1. The van der Waals surface area contributed by atoms with Gasteiger partial charge < -0.3 is 21.1 Å². The zero-order valence-electron chi connectivity index (χ0n) is 27.6. The van der Waals surface area contributed by atoms with Crippen molar-refractivity contribution in [3.8, 4) is 0 Å². The molecule has 0 aliphatic rings. The monoisotopic (exact) mass is 638 g/mol. The fourth-order valence-electron chi connectivity index (χ4n) is 4.26. The van der Waals surface area contributed by atoms with Gasteiger partial charge in [0, 0.05) is 13.0 Å². The quantitative estimate of drug-likeness (QED) is 0.0353. The third kappa shape index (κ3) is 28.9. The molecule has 254 valence electrons. The highest BCUT2D eigenvalue weighted by atomic mass is 31.2. The van der Waals surface area contributed by atoms with Crippen LogP contribution in [0.4, 0.5) is 0 Å². The van der Waals surface area contributed by atoms with Crippen LogP contribution in [-0.4, -0.2) is 47.8 Å². The van der Waals surface area contributed by atoms with Gasteiger partial charge in [0.25, 0.3) is 0 Å². The molecule has 8 nitrogen and oxygen atoms in total. The summed E-state index contributed by atoms with van der Waals surface area (Å²) in [6.45, 7) is 3.88. The normalized spacial score (nSPS) is 15.3. The number of amides is 1. The van der Waals surface area contributed by atoms with Crippen molar-refractivity contribution in [3.63, 3.8) is 0 Å². The first-order chi connectivity index (χ1) is 21.4. The predicted molar refractivity (Wildman–Crippen MR) is 184 cm³/mol. The van der Waals surface area contributed by atoms with Crippen LogP contribution in [0.15, 0.2) is 60.8 Å². The highest BCUT2D eigenvalue weighted by Gasteiger charge is 2.26. The lowest BCUT2D eigenvalue weighted by atomic mass is 10.1. The summed E-state index contributed by atoms with van der Waals surface area (Å²) in [7, 11) is -4.34. The van der Waals surface area contributed by atoms with Gasteiger partial charge >= 0.3 is 7.82 Å². The smallest absolute Gasteiger partial charge is 0.387 e. The van der Waals surface area contributed by atoms with Gasteiger partial charge in [0.2, 0.25) is 5.91 Å². The Morgan fingerprint density at radius 1 is 0.773 bits per heavy atom. The number of rotatable bonds is 30. The van der Waals surface area contributed by atoms with Crippen molar-refractivity contribution < 1.29 is 28.4 Å². The zero-order valence-corrected chi connectivity index (χ0v) is 28.5. The minimum atomic E-state index is -4.34. The van der Waals surface area contributed by atoms with Crippen LogP contribution < -0.4 is 11.1 Å². The molecule has 0 aromatic heterocycles. The number of aliphatic hydroxyl groups is 1. The number of allylic oxidation sites excluding steroid dienone is 9. The number of unbranched alkanes of at least 4 members (excludes halogenated alkanes) is 10. The fourth-order valence-corrected chi connectivity index (χ4v) is 5.02. The van der Waals surface area contributed by atoms with Gasteiger partial charge in [-0.05, 0) is 57.8 Å². The summed E-state index contributed by atoms with van der Waals surface area (Å²) >= 11 is 0. The van der Waals surface area contributed by atoms with Crippen molar-refractivity contribution in [2.24, 2.45) is 5.73 Å². The second-order valence-electron chi connectivity index (χ2n) is 11.0. The van der Waals surface area contributed by atoms with E-state index >= 15 is 0 Å². The maximum atomic E-state index is 12.6. The second-order valence-corrected chi connectivity index (χ2v) is 12.4. The number of phosphoric ester groups is 1. The average Bonchev–Trinajstić information content (AvgIpc) is 3.01. The molecule has 0 heterocycles. The van der Waals surface area contributed by atoms with Crippen LogP contribution in [-0.2, 0) is 18.4 Å². The van der Waals surface area contributed by atoms with Crippen molar-refractivity contribution in [3.05, 3.63) is 60.8 Å². The predicted octanol–water partition coefficient (Wildman–Crippen LogP) is 8.38. The minimum absolute atomic E-state index is 0.0689. The molecule has 0 aliphatic heterocycles. The average molecular weight is 639 g/mol. The molecule has 0 saturated carbocycles. The second kappa shape index (κ2) is 31.2. The Balaban J connectivity index is 4.33. The van der Waals surface area contributed by atoms with Gasteiger partial charge in [0.05, 0.1) is 25.4 Å². The van der Waals surface area contributed by atoms with Crippen molar-refractivity contribution in [2.45, 2.75) is 135 Å². The Labute approximate surface area is 268 Å². The van der Waals surface area contributed by atoms with Crippen molar-refractivity contribution in [2.75, 3.05) is 19.8 Å². The van der Waals surface area contributed by atoms with Gasteiger partial charge in [-0.1, -0.05) is 120 Å². The molecule has 0 aromatic rings. The van der Waals surface area contributed by atoms with Crippen LogP contribution >= 0.6 is 7.82 Å². The lowest BCUT2D eigenvalue weighted by Gasteiger charge is -2.23. The molecule has 3 atom stereocenters. The molecule has 3 unspecified atom stereocenters. The molecule has 0 rings (SSSR count). The summed E-state index contributed by atoms with van der Waals surface area (Å²) in [6.07, 6.45) is 37.1. The maximum absolute atomic E-state index is 12.6. The van der Waals surface area contributed by atoms with E-state index in [4.69, 9.17) is 14.8 Å².